The summed E-state index contributed by atoms with van der Waals surface area (Å²) in [5, 5.41) is 6.86. The topological polar surface area (TPSA) is 90.9 Å². The van der Waals surface area contributed by atoms with Crippen LogP contribution in [0.3, 0.4) is 0 Å². The van der Waals surface area contributed by atoms with Crippen LogP contribution in [0.4, 0.5) is 5.82 Å². The molecule has 0 aliphatic carbocycles. The molecule has 0 atom stereocenters. The highest BCUT2D eigenvalue weighted by Gasteiger charge is 2.15. The third kappa shape index (κ3) is 2.69. The maximum atomic E-state index is 11.4. The van der Waals surface area contributed by atoms with Crippen molar-refractivity contribution in [1.29, 1.82) is 0 Å². The van der Waals surface area contributed by atoms with Crippen LogP contribution < -0.4 is 5.73 Å². The molecule has 14 heavy (non-hydrogen) atoms. The average Bonchev–Trinajstić information content (AvgIpc) is 2.48. The molecule has 0 aliphatic heterocycles. The molecule has 0 saturated heterocycles. The Balaban J connectivity index is 2.57. The van der Waals surface area contributed by atoms with Crippen molar-refractivity contribution in [2.24, 2.45) is 0 Å². The summed E-state index contributed by atoms with van der Waals surface area (Å²) in [5.74, 6) is 0.361. The lowest BCUT2D eigenvalue weighted by Crippen LogP contribution is -2.21. The summed E-state index contributed by atoms with van der Waals surface area (Å²) in [6.45, 7) is 3.61. The largest absolute Gasteiger partial charge is 0.381 e. The lowest BCUT2D eigenvalue weighted by Gasteiger charge is -2.06. The van der Waals surface area contributed by atoms with Gasteiger partial charge in [-0.2, -0.15) is 0 Å². The summed E-state index contributed by atoms with van der Waals surface area (Å²) in [7, 11) is -3.02. The first-order valence-corrected chi connectivity index (χ1v) is 6.00. The molecule has 0 aliphatic rings. The molecule has 0 unspecified atom stereocenters. The minimum absolute atomic E-state index is 0.0630. The van der Waals surface area contributed by atoms with Gasteiger partial charge in [-0.3, -0.25) is 0 Å². The van der Waals surface area contributed by atoms with Crippen molar-refractivity contribution in [2.75, 3.05) is 11.5 Å². The molecule has 1 aromatic heterocycles. The second-order valence-electron chi connectivity index (χ2n) is 3.32. The molecule has 1 rings (SSSR count). The summed E-state index contributed by atoms with van der Waals surface area (Å²) in [5.41, 5.74) is 5.33. The Bertz CT molecular complexity index is 396. The van der Waals surface area contributed by atoms with Crippen LogP contribution in [0.1, 0.15) is 13.8 Å². The van der Waals surface area contributed by atoms with E-state index in [0.29, 0.717) is 12.4 Å². The maximum Gasteiger partial charge on any atom is 0.165 e. The predicted octanol–water partition coefficient (Wildman–Crippen LogP) is -0.317. The van der Waals surface area contributed by atoms with Gasteiger partial charge in [-0.05, 0) is 13.8 Å². The molecule has 0 spiro atoms. The molecule has 1 heterocycles. The highest BCUT2D eigenvalue weighted by atomic mass is 32.2. The van der Waals surface area contributed by atoms with Gasteiger partial charge in [0.15, 0.2) is 15.7 Å². The van der Waals surface area contributed by atoms with E-state index in [-0.39, 0.29) is 11.0 Å². The molecule has 7 heteroatoms. The van der Waals surface area contributed by atoms with E-state index < -0.39 is 9.84 Å². The summed E-state index contributed by atoms with van der Waals surface area (Å²) in [6, 6.07) is 0. The number of sulfone groups is 1. The predicted molar refractivity (Wildman–Crippen MR) is 53.4 cm³/mol. The molecular formula is C7H14N4O2S. The Labute approximate surface area is 83.0 Å². The molecule has 2 N–H and O–H groups in total. The molecule has 1 aromatic rings. The number of hydrogen-bond donors (Lipinski definition) is 1. The van der Waals surface area contributed by atoms with E-state index in [4.69, 9.17) is 5.73 Å². The molecule has 0 radical (unpaired) electrons. The fraction of sp³-hybridized carbons (Fsp3) is 0.714. The minimum atomic E-state index is -3.02. The molecule has 80 valence electrons. The standard InChI is InChI=1S/C7H14N4O2S/c1-6(2)14(12,13)4-3-11-5-7(8)9-10-11/h5-6H,3-4,8H2,1-2H3. The first-order valence-electron chi connectivity index (χ1n) is 4.29. The fourth-order valence-corrected chi connectivity index (χ4v) is 1.79. The molecule has 0 fully saturated rings. The van der Waals surface area contributed by atoms with Gasteiger partial charge in [0.1, 0.15) is 0 Å². The van der Waals surface area contributed by atoms with Crippen molar-refractivity contribution in [3.8, 4) is 0 Å². The van der Waals surface area contributed by atoms with Gasteiger partial charge >= 0.3 is 0 Å². The SMILES string of the molecule is CC(C)S(=O)(=O)CCn1cc(N)nn1. The molecular weight excluding hydrogens is 204 g/mol. The summed E-state index contributed by atoms with van der Waals surface area (Å²) >= 11 is 0. The summed E-state index contributed by atoms with van der Waals surface area (Å²) in [4.78, 5) is 0. The number of anilines is 1. The van der Waals surface area contributed by atoms with E-state index in [1.807, 2.05) is 0 Å². The third-order valence-corrected chi connectivity index (χ3v) is 4.07. The Morgan fingerprint density at radius 2 is 2.21 bits per heavy atom. The van der Waals surface area contributed by atoms with Crippen LogP contribution in [0.5, 0.6) is 0 Å². The first-order chi connectivity index (χ1) is 6.42. The van der Waals surface area contributed by atoms with Crippen LogP contribution in [-0.4, -0.2) is 34.4 Å². The van der Waals surface area contributed by atoms with Crippen LogP contribution in [0.25, 0.3) is 0 Å². The Hall–Kier alpha value is -1.11. The van der Waals surface area contributed by atoms with Crippen LogP contribution in [0.2, 0.25) is 0 Å². The molecule has 0 saturated carbocycles. The van der Waals surface area contributed by atoms with Gasteiger partial charge in [0, 0.05) is 0 Å². The third-order valence-electron chi connectivity index (χ3n) is 1.88. The number of nitrogens with zero attached hydrogens (tertiary/aromatic N) is 3. The Morgan fingerprint density at radius 3 is 2.64 bits per heavy atom. The van der Waals surface area contributed by atoms with E-state index in [0.717, 1.165) is 0 Å². The van der Waals surface area contributed by atoms with Gasteiger partial charge in [0.05, 0.1) is 23.7 Å². The Morgan fingerprint density at radius 1 is 1.57 bits per heavy atom. The first kappa shape index (κ1) is 11.0. The number of hydrogen-bond acceptors (Lipinski definition) is 5. The minimum Gasteiger partial charge on any atom is -0.381 e. The average molecular weight is 218 g/mol. The van der Waals surface area contributed by atoms with Crippen molar-refractivity contribution in [1.82, 2.24) is 15.0 Å². The number of rotatable bonds is 4. The normalized spacial score (nSPS) is 12.2. The zero-order valence-electron chi connectivity index (χ0n) is 8.21. The second kappa shape index (κ2) is 3.95. The highest BCUT2D eigenvalue weighted by Crippen LogP contribution is 2.02. The van der Waals surface area contributed by atoms with Gasteiger partial charge in [-0.1, -0.05) is 5.21 Å². The zero-order chi connectivity index (χ0) is 10.8. The van der Waals surface area contributed by atoms with Crippen LogP contribution >= 0.6 is 0 Å². The number of nitrogens with two attached hydrogens (primary N) is 1. The summed E-state index contributed by atoms with van der Waals surface area (Å²) < 4.78 is 24.3. The summed E-state index contributed by atoms with van der Waals surface area (Å²) in [6.07, 6.45) is 1.51. The van der Waals surface area contributed by atoms with Crippen molar-refractivity contribution in [2.45, 2.75) is 25.6 Å². The highest BCUT2D eigenvalue weighted by molar-refractivity contribution is 7.91. The molecule has 6 nitrogen and oxygen atoms in total. The van der Waals surface area contributed by atoms with Gasteiger partial charge < -0.3 is 5.73 Å². The smallest absolute Gasteiger partial charge is 0.165 e. The van der Waals surface area contributed by atoms with Crippen molar-refractivity contribution < 1.29 is 8.42 Å². The number of aryl methyl sites for hydroxylation is 1. The zero-order valence-corrected chi connectivity index (χ0v) is 9.03. The van der Waals surface area contributed by atoms with Gasteiger partial charge in [0.2, 0.25) is 0 Å². The lowest BCUT2D eigenvalue weighted by atomic mass is 10.6. The Kier molecular flexibility index (Phi) is 3.10. The van der Waals surface area contributed by atoms with Gasteiger partial charge in [-0.25, -0.2) is 13.1 Å². The molecule has 0 bridgehead atoms. The number of aromatic nitrogens is 3. The van der Waals surface area contributed by atoms with Crippen molar-refractivity contribution >= 4 is 15.7 Å². The molecule has 0 amide bonds. The van der Waals surface area contributed by atoms with Crippen molar-refractivity contribution in [3.05, 3.63) is 6.20 Å². The van der Waals surface area contributed by atoms with Crippen LogP contribution in [0.15, 0.2) is 6.20 Å². The lowest BCUT2D eigenvalue weighted by molar-refractivity contribution is 0.568. The number of nitrogen functional groups attached to an aromatic ring is 1. The van der Waals surface area contributed by atoms with Gasteiger partial charge in [-0.15, -0.1) is 5.10 Å². The van der Waals surface area contributed by atoms with E-state index in [1.54, 1.807) is 13.8 Å². The van der Waals surface area contributed by atoms with Crippen LogP contribution in [-0.2, 0) is 16.4 Å². The quantitative estimate of drug-likeness (QED) is 0.748. The van der Waals surface area contributed by atoms with Crippen molar-refractivity contribution in [3.63, 3.8) is 0 Å². The molecule has 0 aromatic carbocycles. The fourth-order valence-electron chi connectivity index (χ4n) is 0.879. The van der Waals surface area contributed by atoms with Crippen LogP contribution in [0, 0.1) is 0 Å². The van der Waals surface area contributed by atoms with Gasteiger partial charge in [0.25, 0.3) is 0 Å². The van der Waals surface area contributed by atoms with E-state index >= 15 is 0 Å². The van der Waals surface area contributed by atoms with E-state index in [1.165, 1.54) is 10.9 Å². The second-order valence-corrected chi connectivity index (χ2v) is 6.00. The maximum absolute atomic E-state index is 11.4. The monoisotopic (exact) mass is 218 g/mol. The van der Waals surface area contributed by atoms with E-state index in [9.17, 15) is 8.42 Å². The van der Waals surface area contributed by atoms with E-state index in [2.05, 4.69) is 10.3 Å².